The van der Waals surface area contributed by atoms with Gasteiger partial charge in [0.2, 0.25) is 12.7 Å². The highest BCUT2D eigenvalue weighted by Crippen LogP contribution is 2.36. The van der Waals surface area contributed by atoms with Gasteiger partial charge in [-0.2, -0.15) is 0 Å². The van der Waals surface area contributed by atoms with Gasteiger partial charge in [-0.05, 0) is 18.2 Å². The van der Waals surface area contributed by atoms with Crippen molar-refractivity contribution >= 4 is 17.2 Å². The summed E-state index contributed by atoms with van der Waals surface area (Å²) in [4.78, 5) is 15.2. The second kappa shape index (κ2) is 6.11. The van der Waals surface area contributed by atoms with E-state index in [1.807, 2.05) is 23.6 Å². The number of primary amides is 1. The number of carbonyl (C=O) groups is 1. The van der Waals surface area contributed by atoms with Crippen molar-refractivity contribution in [1.82, 2.24) is 10.3 Å². The molecule has 7 heteroatoms. The van der Waals surface area contributed by atoms with E-state index in [0.29, 0.717) is 19.5 Å². The van der Waals surface area contributed by atoms with Gasteiger partial charge in [-0.1, -0.05) is 0 Å². The summed E-state index contributed by atoms with van der Waals surface area (Å²) in [5.41, 5.74) is 7.03. The molecule has 0 atom stereocenters. The van der Waals surface area contributed by atoms with Crippen LogP contribution in [0.15, 0.2) is 23.6 Å². The number of rotatable bonds is 6. The highest BCUT2D eigenvalue weighted by molar-refractivity contribution is 7.13. The molecule has 0 saturated carbocycles. The van der Waals surface area contributed by atoms with Gasteiger partial charge < -0.3 is 20.5 Å². The van der Waals surface area contributed by atoms with Gasteiger partial charge in [-0.15, -0.1) is 11.3 Å². The zero-order chi connectivity index (χ0) is 14.7. The molecule has 2 heterocycles. The van der Waals surface area contributed by atoms with Crippen LogP contribution in [0.3, 0.4) is 0 Å². The molecule has 2 aromatic rings. The first kappa shape index (κ1) is 13.8. The Morgan fingerprint density at radius 1 is 1.38 bits per heavy atom. The number of ether oxygens (including phenoxy) is 2. The van der Waals surface area contributed by atoms with Crippen molar-refractivity contribution in [3.63, 3.8) is 0 Å². The molecule has 21 heavy (non-hydrogen) atoms. The summed E-state index contributed by atoms with van der Waals surface area (Å²) in [7, 11) is 0. The smallest absolute Gasteiger partial charge is 0.231 e. The average molecular weight is 305 g/mol. The minimum absolute atomic E-state index is 0.270. The molecule has 0 radical (unpaired) electrons. The van der Waals surface area contributed by atoms with E-state index in [1.165, 1.54) is 0 Å². The molecular formula is C14H15N3O3S. The maximum absolute atomic E-state index is 10.6. The van der Waals surface area contributed by atoms with E-state index in [9.17, 15) is 4.79 Å². The van der Waals surface area contributed by atoms with Gasteiger partial charge in [-0.3, -0.25) is 4.79 Å². The van der Waals surface area contributed by atoms with Crippen molar-refractivity contribution in [2.75, 3.05) is 13.3 Å². The third kappa shape index (κ3) is 3.32. The Balaban J connectivity index is 1.63. The first-order valence-corrected chi connectivity index (χ1v) is 7.44. The van der Waals surface area contributed by atoms with Gasteiger partial charge in [0.05, 0.1) is 5.69 Å². The Morgan fingerprint density at radius 3 is 3.10 bits per heavy atom. The summed E-state index contributed by atoms with van der Waals surface area (Å²) in [6.07, 6.45) is 0.332. The predicted molar refractivity (Wildman–Crippen MR) is 79.2 cm³/mol. The zero-order valence-corrected chi connectivity index (χ0v) is 12.1. The molecule has 0 fully saturated rings. The molecule has 0 bridgehead atoms. The Labute approximate surface area is 125 Å². The number of thiazole rings is 1. The van der Waals surface area contributed by atoms with Crippen molar-refractivity contribution in [3.05, 3.63) is 29.3 Å². The van der Waals surface area contributed by atoms with Gasteiger partial charge in [0, 0.05) is 30.5 Å². The van der Waals surface area contributed by atoms with Crippen LogP contribution in [0.4, 0.5) is 0 Å². The van der Waals surface area contributed by atoms with E-state index in [2.05, 4.69) is 10.3 Å². The van der Waals surface area contributed by atoms with Crippen molar-refractivity contribution in [3.8, 4) is 22.1 Å². The lowest BCUT2D eigenvalue weighted by Crippen LogP contribution is -2.21. The number of nitrogens with one attached hydrogen (secondary N) is 1. The van der Waals surface area contributed by atoms with Crippen LogP contribution in [0, 0.1) is 0 Å². The van der Waals surface area contributed by atoms with Crippen LogP contribution in [0.25, 0.3) is 10.6 Å². The Kier molecular flexibility index (Phi) is 4.03. The molecule has 0 aliphatic carbocycles. The minimum atomic E-state index is -0.304. The summed E-state index contributed by atoms with van der Waals surface area (Å²) < 4.78 is 10.7. The second-order valence-corrected chi connectivity index (χ2v) is 5.46. The van der Waals surface area contributed by atoms with Crippen molar-refractivity contribution in [2.45, 2.75) is 13.0 Å². The van der Waals surface area contributed by atoms with E-state index < -0.39 is 0 Å². The molecule has 110 valence electrons. The molecule has 6 nitrogen and oxygen atoms in total. The lowest BCUT2D eigenvalue weighted by atomic mass is 10.2. The fourth-order valence-corrected chi connectivity index (χ4v) is 2.80. The van der Waals surface area contributed by atoms with Crippen molar-refractivity contribution in [1.29, 1.82) is 0 Å². The molecule has 0 spiro atoms. The van der Waals surface area contributed by atoms with Crippen molar-refractivity contribution in [2.24, 2.45) is 5.73 Å². The topological polar surface area (TPSA) is 86.5 Å². The number of hydrogen-bond donors (Lipinski definition) is 2. The SMILES string of the molecule is NC(=O)CCNCc1csc(-c2ccc3c(c2)OCO3)n1. The van der Waals surface area contributed by atoms with E-state index in [0.717, 1.165) is 27.8 Å². The largest absolute Gasteiger partial charge is 0.454 e. The molecule has 1 aromatic heterocycles. The van der Waals surface area contributed by atoms with Crippen LogP contribution >= 0.6 is 11.3 Å². The standard InChI is InChI=1S/C14H15N3O3S/c15-13(18)3-4-16-6-10-7-21-14(17-10)9-1-2-11-12(5-9)20-8-19-11/h1-2,5,7,16H,3-4,6,8H2,(H2,15,18). The van der Waals surface area contributed by atoms with Crippen LogP contribution in [0.2, 0.25) is 0 Å². The minimum Gasteiger partial charge on any atom is -0.454 e. The van der Waals surface area contributed by atoms with Crippen LogP contribution in [0.1, 0.15) is 12.1 Å². The number of hydrogen-bond acceptors (Lipinski definition) is 6. The molecule has 1 aromatic carbocycles. The molecule has 1 aliphatic heterocycles. The van der Waals surface area contributed by atoms with Gasteiger partial charge in [0.15, 0.2) is 11.5 Å². The maximum Gasteiger partial charge on any atom is 0.231 e. The number of fused-ring (bicyclic) bond motifs is 1. The number of nitrogens with zero attached hydrogens (tertiary/aromatic N) is 1. The quantitative estimate of drug-likeness (QED) is 0.790. The third-order valence-electron chi connectivity index (χ3n) is 3.03. The third-order valence-corrected chi connectivity index (χ3v) is 3.97. The van der Waals surface area contributed by atoms with E-state index in [-0.39, 0.29) is 12.7 Å². The summed E-state index contributed by atoms with van der Waals surface area (Å²) in [5.74, 6) is 1.22. The molecular weight excluding hydrogens is 290 g/mol. The lowest BCUT2D eigenvalue weighted by molar-refractivity contribution is -0.117. The highest BCUT2D eigenvalue weighted by Gasteiger charge is 2.15. The van der Waals surface area contributed by atoms with Crippen molar-refractivity contribution < 1.29 is 14.3 Å². The fraction of sp³-hybridized carbons (Fsp3) is 0.286. The van der Waals surface area contributed by atoms with E-state index in [4.69, 9.17) is 15.2 Å². The molecule has 0 unspecified atom stereocenters. The van der Waals surface area contributed by atoms with E-state index >= 15 is 0 Å². The van der Waals surface area contributed by atoms with Crippen LogP contribution in [-0.4, -0.2) is 24.2 Å². The highest BCUT2D eigenvalue weighted by atomic mass is 32.1. The first-order valence-electron chi connectivity index (χ1n) is 6.56. The molecule has 0 saturated heterocycles. The average Bonchev–Trinajstić information content (AvgIpc) is 3.11. The Hall–Kier alpha value is -2.12. The summed E-state index contributed by atoms with van der Waals surface area (Å²) >= 11 is 1.57. The number of aromatic nitrogens is 1. The van der Waals surface area contributed by atoms with Gasteiger partial charge in [-0.25, -0.2) is 4.98 Å². The number of amides is 1. The van der Waals surface area contributed by atoms with Crippen LogP contribution in [-0.2, 0) is 11.3 Å². The molecule has 1 amide bonds. The first-order chi connectivity index (χ1) is 10.2. The normalized spacial score (nSPS) is 12.6. The second-order valence-electron chi connectivity index (χ2n) is 4.61. The summed E-state index contributed by atoms with van der Waals surface area (Å²) in [6, 6.07) is 5.80. The fourth-order valence-electron chi connectivity index (χ4n) is 1.98. The Morgan fingerprint density at radius 2 is 2.24 bits per heavy atom. The Bertz CT molecular complexity index is 657. The van der Waals surface area contributed by atoms with E-state index in [1.54, 1.807) is 11.3 Å². The van der Waals surface area contributed by atoms with Gasteiger partial charge >= 0.3 is 0 Å². The molecule has 3 rings (SSSR count). The lowest BCUT2D eigenvalue weighted by Gasteiger charge is -2.00. The van der Waals surface area contributed by atoms with Crippen LogP contribution in [0.5, 0.6) is 11.5 Å². The number of carbonyl (C=O) groups excluding carboxylic acids is 1. The number of nitrogens with two attached hydrogens (primary N) is 1. The molecule has 3 N–H and O–H groups in total. The molecule has 1 aliphatic rings. The summed E-state index contributed by atoms with van der Waals surface area (Å²) in [5, 5.41) is 6.07. The monoisotopic (exact) mass is 305 g/mol. The number of benzene rings is 1. The summed E-state index contributed by atoms with van der Waals surface area (Å²) in [6.45, 7) is 1.45. The predicted octanol–water partition coefficient (Wildman–Crippen LogP) is 1.50. The van der Waals surface area contributed by atoms with Gasteiger partial charge in [0.25, 0.3) is 0 Å². The maximum atomic E-state index is 10.6. The zero-order valence-electron chi connectivity index (χ0n) is 11.3. The van der Waals surface area contributed by atoms with Gasteiger partial charge in [0.1, 0.15) is 5.01 Å². The van der Waals surface area contributed by atoms with Crippen LogP contribution < -0.4 is 20.5 Å².